The van der Waals surface area contributed by atoms with Crippen LogP contribution < -0.4 is 0 Å². The van der Waals surface area contributed by atoms with E-state index < -0.39 is 0 Å². The van der Waals surface area contributed by atoms with Crippen LogP contribution in [-0.2, 0) is 6.54 Å². The number of aromatic nitrogens is 2. The summed E-state index contributed by atoms with van der Waals surface area (Å²) in [7, 11) is 0. The lowest BCUT2D eigenvalue weighted by molar-refractivity contribution is 0.0728. The van der Waals surface area contributed by atoms with E-state index in [1.807, 2.05) is 30.2 Å². The summed E-state index contributed by atoms with van der Waals surface area (Å²) < 4.78 is 1.80. The fourth-order valence-corrected chi connectivity index (χ4v) is 3.09. The molecule has 0 aliphatic carbocycles. The van der Waals surface area contributed by atoms with Gasteiger partial charge in [0.05, 0.1) is 6.04 Å². The van der Waals surface area contributed by atoms with Gasteiger partial charge in [0.2, 0.25) is 0 Å². The van der Waals surface area contributed by atoms with E-state index in [1.165, 1.54) is 11.1 Å². The third-order valence-electron chi connectivity index (χ3n) is 4.24. The van der Waals surface area contributed by atoms with Gasteiger partial charge in [0.25, 0.3) is 5.91 Å². The summed E-state index contributed by atoms with van der Waals surface area (Å²) in [6.45, 7) is 5.74. The molecule has 21 heavy (non-hydrogen) atoms. The number of likely N-dealkylation sites (tertiary alicyclic amines) is 1. The molecular weight excluding hydrogens is 262 g/mol. The van der Waals surface area contributed by atoms with Crippen LogP contribution in [0.5, 0.6) is 0 Å². The van der Waals surface area contributed by atoms with Gasteiger partial charge in [-0.15, -0.1) is 0 Å². The Hall–Kier alpha value is -2.10. The van der Waals surface area contributed by atoms with Gasteiger partial charge >= 0.3 is 0 Å². The monoisotopic (exact) mass is 283 g/mol. The van der Waals surface area contributed by atoms with Gasteiger partial charge in [-0.3, -0.25) is 9.48 Å². The molecule has 1 aliphatic heterocycles. The first-order valence-electron chi connectivity index (χ1n) is 7.60. The Morgan fingerprint density at radius 3 is 2.86 bits per heavy atom. The smallest absolute Gasteiger partial charge is 0.274 e. The molecule has 1 atom stereocenters. The Bertz CT molecular complexity index is 647. The van der Waals surface area contributed by atoms with Crippen LogP contribution in [0.4, 0.5) is 0 Å². The molecule has 3 rings (SSSR count). The van der Waals surface area contributed by atoms with E-state index in [0.717, 1.165) is 25.9 Å². The highest BCUT2D eigenvalue weighted by molar-refractivity contribution is 5.92. The lowest BCUT2D eigenvalue weighted by Crippen LogP contribution is -2.31. The summed E-state index contributed by atoms with van der Waals surface area (Å²) in [4.78, 5) is 14.7. The summed E-state index contributed by atoms with van der Waals surface area (Å²) in [6.07, 6.45) is 3.95. The Morgan fingerprint density at radius 1 is 1.33 bits per heavy atom. The van der Waals surface area contributed by atoms with E-state index in [-0.39, 0.29) is 11.9 Å². The molecule has 4 heteroatoms. The fraction of sp³-hybridized carbons (Fsp3) is 0.412. The van der Waals surface area contributed by atoms with Gasteiger partial charge in [0.1, 0.15) is 5.69 Å². The maximum atomic E-state index is 12.7. The number of rotatable bonds is 3. The number of carbonyl (C=O) groups excluding carboxylic acids is 1. The Balaban J connectivity index is 1.87. The van der Waals surface area contributed by atoms with Gasteiger partial charge in [0, 0.05) is 19.3 Å². The van der Waals surface area contributed by atoms with E-state index in [2.05, 4.69) is 30.2 Å². The second-order valence-corrected chi connectivity index (χ2v) is 5.57. The van der Waals surface area contributed by atoms with Gasteiger partial charge in [0.15, 0.2) is 0 Å². The second-order valence-electron chi connectivity index (χ2n) is 5.57. The maximum absolute atomic E-state index is 12.7. The van der Waals surface area contributed by atoms with E-state index in [9.17, 15) is 4.79 Å². The highest BCUT2D eigenvalue weighted by atomic mass is 16.2. The lowest BCUT2D eigenvalue weighted by Gasteiger charge is -2.25. The molecule has 0 N–H and O–H groups in total. The van der Waals surface area contributed by atoms with Crippen LogP contribution in [-0.4, -0.2) is 27.1 Å². The van der Waals surface area contributed by atoms with Gasteiger partial charge in [-0.05, 0) is 43.9 Å². The molecule has 2 heterocycles. The molecule has 110 valence electrons. The van der Waals surface area contributed by atoms with Crippen LogP contribution in [0.15, 0.2) is 36.5 Å². The standard InChI is InChI=1S/C17H21N3O/c1-3-19-12-10-15(18-19)17(21)20-11-6-9-16(20)14-8-5-4-7-13(14)2/h4-5,7-8,10,12,16H,3,6,9,11H2,1-2H3/t16-/m1/s1. The van der Waals surface area contributed by atoms with E-state index in [0.29, 0.717) is 5.69 Å². The van der Waals surface area contributed by atoms with Crippen LogP contribution in [0, 0.1) is 6.92 Å². The molecule has 1 fully saturated rings. The highest BCUT2D eigenvalue weighted by Gasteiger charge is 2.32. The van der Waals surface area contributed by atoms with Crippen molar-refractivity contribution in [1.82, 2.24) is 14.7 Å². The number of carbonyl (C=O) groups is 1. The van der Waals surface area contributed by atoms with Gasteiger partial charge in [-0.1, -0.05) is 24.3 Å². The third-order valence-corrected chi connectivity index (χ3v) is 4.24. The van der Waals surface area contributed by atoms with Crippen molar-refractivity contribution in [2.45, 2.75) is 39.3 Å². The molecule has 1 amide bonds. The van der Waals surface area contributed by atoms with Crippen LogP contribution in [0.3, 0.4) is 0 Å². The molecule has 0 radical (unpaired) electrons. The number of aryl methyl sites for hydroxylation is 2. The first-order chi connectivity index (χ1) is 10.2. The Morgan fingerprint density at radius 2 is 2.14 bits per heavy atom. The zero-order chi connectivity index (χ0) is 14.8. The first kappa shape index (κ1) is 13.9. The summed E-state index contributed by atoms with van der Waals surface area (Å²) in [5.41, 5.74) is 3.07. The van der Waals surface area contributed by atoms with Gasteiger partial charge < -0.3 is 4.90 Å². The van der Waals surface area contributed by atoms with Crippen LogP contribution >= 0.6 is 0 Å². The SMILES string of the molecule is CCn1ccc(C(=O)N2CCC[C@@H]2c2ccccc2C)n1. The molecule has 0 saturated carbocycles. The van der Waals surface area contributed by atoms with Crippen molar-refractivity contribution in [3.8, 4) is 0 Å². The predicted molar refractivity (Wildman–Crippen MR) is 82.1 cm³/mol. The zero-order valence-electron chi connectivity index (χ0n) is 12.6. The summed E-state index contributed by atoms with van der Waals surface area (Å²) in [5.74, 6) is 0.0490. The summed E-state index contributed by atoms with van der Waals surface area (Å²) in [6, 6.07) is 10.3. The molecule has 1 aromatic carbocycles. The maximum Gasteiger partial charge on any atom is 0.274 e. The van der Waals surface area contributed by atoms with Crippen molar-refractivity contribution < 1.29 is 4.79 Å². The second kappa shape index (κ2) is 5.72. The summed E-state index contributed by atoms with van der Waals surface area (Å²) >= 11 is 0. The molecule has 0 spiro atoms. The van der Waals surface area contributed by atoms with Crippen molar-refractivity contribution in [3.63, 3.8) is 0 Å². The molecule has 2 aromatic rings. The number of nitrogens with zero attached hydrogens (tertiary/aromatic N) is 3. The molecular formula is C17H21N3O. The lowest BCUT2D eigenvalue weighted by atomic mass is 9.99. The molecule has 4 nitrogen and oxygen atoms in total. The minimum absolute atomic E-state index is 0.0490. The van der Waals surface area contributed by atoms with Gasteiger partial charge in [-0.25, -0.2) is 0 Å². The Kier molecular flexibility index (Phi) is 3.78. The van der Waals surface area contributed by atoms with Crippen molar-refractivity contribution >= 4 is 5.91 Å². The number of hydrogen-bond acceptors (Lipinski definition) is 2. The topological polar surface area (TPSA) is 38.1 Å². The molecule has 1 aromatic heterocycles. The third kappa shape index (κ3) is 2.58. The fourth-order valence-electron chi connectivity index (χ4n) is 3.09. The number of benzene rings is 1. The zero-order valence-corrected chi connectivity index (χ0v) is 12.6. The van der Waals surface area contributed by atoms with E-state index >= 15 is 0 Å². The van der Waals surface area contributed by atoms with Crippen LogP contribution in [0.25, 0.3) is 0 Å². The number of amides is 1. The Labute approximate surface area is 125 Å². The normalized spacial score (nSPS) is 18.2. The van der Waals surface area contributed by atoms with Crippen LogP contribution in [0.2, 0.25) is 0 Å². The average molecular weight is 283 g/mol. The molecule has 1 aliphatic rings. The van der Waals surface area contributed by atoms with Crippen molar-refractivity contribution in [2.75, 3.05) is 6.54 Å². The highest BCUT2D eigenvalue weighted by Crippen LogP contribution is 2.34. The minimum atomic E-state index is 0.0490. The van der Waals surface area contributed by atoms with Crippen molar-refractivity contribution in [3.05, 3.63) is 53.3 Å². The summed E-state index contributed by atoms with van der Waals surface area (Å²) in [5, 5.41) is 4.35. The molecule has 0 bridgehead atoms. The number of hydrogen-bond donors (Lipinski definition) is 0. The molecule has 1 saturated heterocycles. The average Bonchev–Trinajstić information content (AvgIpc) is 3.16. The van der Waals surface area contributed by atoms with E-state index in [1.54, 1.807) is 4.68 Å². The van der Waals surface area contributed by atoms with Crippen molar-refractivity contribution in [2.24, 2.45) is 0 Å². The van der Waals surface area contributed by atoms with E-state index in [4.69, 9.17) is 0 Å². The van der Waals surface area contributed by atoms with Crippen LogP contribution in [0.1, 0.15) is 47.4 Å². The minimum Gasteiger partial charge on any atom is -0.330 e. The molecule has 0 unspecified atom stereocenters. The quantitative estimate of drug-likeness (QED) is 0.867. The van der Waals surface area contributed by atoms with Crippen molar-refractivity contribution in [1.29, 1.82) is 0 Å². The predicted octanol–water partition coefficient (Wildman–Crippen LogP) is 3.19. The largest absolute Gasteiger partial charge is 0.330 e. The van der Waals surface area contributed by atoms with Gasteiger partial charge in [-0.2, -0.15) is 5.10 Å². The first-order valence-corrected chi connectivity index (χ1v) is 7.60.